The van der Waals surface area contributed by atoms with Crippen LogP contribution in [0.25, 0.3) is 0 Å². The first-order chi connectivity index (χ1) is 13.8. The number of carbonyl (C=O) groups is 1. The zero-order valence-corrected chi connectivity index (χ0v) is 17.8. The normalized spacial score (nSPS) is 17.0. The zero-order valence-electron chi connectivity index (χ0n) is 16.1. The monoisotopic (exact) mass is 427 g/mol. The Hall–Kier alpha value is -2.55. The van der Waals surface area contributed by atoms with Crippen LogP contribution in [0.3, 0.4) is 0 Å². The number of thiazole rings is 1. The van der Waals surface area contributed by atoms with E-state index in [2.05, 4.69) is 4.98 Å². The van der Waals surface area contributed by atoms with Crippen LogP contribution in [0.2, 0.25) is 0 Å². The third kappa shape index (κ3) is 3.96. The smallest absolute Gasteiger partial charge is 0.252 e. The summed E-state index contributed by atoms with van der Waals surface area (Å²) >= 11 is 1.37. The minimum atomic E-state index is -3.59. The number of aromatic nitrogens is 1. The molecule has 0 aliphatic carbocycles. The molecule has 0 saturated heterocycles. The van der Waals surface area contributed by atoms with Crippen molar-refractivity contribution in [1.82, 2.24) is 9.29 Å². The molecule has 0 fully saturated rings. The van der Waals surface area contributed by atoms with Gasteiger partial charge in [0.25, 0.3) is 5.91 Å². The number of benzene rings is 2. The third-order valence-corrected chi connectivity index (χ3v) is 7.13. The lowest BCUT2D eigenvalue weighted by molar-refractivity contribution is -0.121. The van der Waals surface area contributed by atoms with Crippen LogP contribution in [0, 0.1) is 6.92 Å². The van der Waals surface area contributed by atoms with Gasteiger partial charge < -0.3 is 0 Å². The van der Waals surface area contributed by atoms with Crippen molar-refractivity contribution in [3.63, 3.8) is 0 Å². The van der Waals surface area contributed by atoms with Crippen molar-refractivity contribution >= 4 is 38.1 Å². The lowest BCUT2D eigenvalue weighted by Gasteiger charge is -2.36. The van der Waals surface area contributed by atoms with Crippen molar-refractivity contribution in [2.24, 2.45) is 0 Å². The molecule has 0 spiro atoms. The molecule has 150 valence electrons. The van der Waals surface area contributed by atoms with Gasteiger partial charge in [0.1, 0.15) is 6.04 Å². The fourth-order valence-electron chi connectivity index (χ4n) is 3.56. The van der Waals surface area contributed by atoms with Crippen LogP contribution in [0.1, 0.15) is 16.8 Å². The fraction of sp³-hybridized carbons (Fsp3) is 0.238. The minimum absolute atomic E-state index is 0.185. The van der Waals surface area contributed by atoms with Crippen molar-refractivity contribution < 1.29 is 13.2 Å². The molecule has 3 aromatic rings. The number of nitrogens with zero attached hydrogens (tertiary/aromatic N) is 3. The van der Waals surface area contributed by atoms with Gasteiger partial charge in [-0.05, 0) is 36.6 Å². The summed E-state index contributed by atoms with van der Waals surface area (Å²) in [7, 11) is -3.59. The van der Waals surface area contributed by atoms with Crippen molar-refractivity contribution in [3.8, 4) is 0 Å². The molecule has 2 aromatic carbocycles. The van der Waals surface area contributed by atoms with E-state index < -0.39 is 16.1 Å². The molecule has 1 aliphatic heterocycles. The number of amides is 1. The summed E-state index contributed by atoms with van der Waals surface area (Å²) in [4.78, 5) is 19.8. The molecule has 0 N–H and O–H groups in total. The Morgan fingerprint density at radius 3 is 2.38 bits per heavy atom. The number of anilines is 2. The van der Waals surface area contributed by atoms with Gasteiger partial charge in [0.15, 0.2) is 5.13 Å². The Kier molecular flexibility index (Phi) is 5.24. The van der Waals surface area contributed by atoms with Crippen molar-refractivity contribution in [1.29, 1.82) is 0 Å². The maximum Gasteiger partial charge on any atom is 0.252 e. The van der Waals surface area contributed by atoms with Crippen LogP contribution in [0.15, 0.2) is 60.0 Å². The summed E-state index contributed by atoms with van der Waals surface area (Å²) < 4.78 is 26.4. The maximum atomic E-state index is 13.8. The Morgan fingerprint density at radius 1 is 1.10 bits per heavy atom. The second-order valence-electron chi connectivity index (χ2n) is 7.08. The summed E-state index contributed by atoms with van der Waals surface area (Å²) in [6.07, 6.45) is 1.48. The molecule has 0 radical (unpaired) electrons. The number of rotatable bonds is 4. The van der Waals surface area contributed by atoms with Crippen molar-refractivity contribution in [2.75, 3.05) is 11.2 Å². The molecule has 1 amide bonds. The van der Waals surface area contributed by atoms with Gasteiger partial charge in [-0.15, -0.1) is 11.3 Å². The summed E-state index contributed by atoms with van der Waals surface area (Å²) in [5, 5.41) is 2.41. The molecule has 0 bridgehead atoms. The molecule has 0 unspecified atom stereocenters. The summed E-state index contributed by atoms with van der Waals surface area (Å²) in [6, 6.07) is 16.1. The van der Waals surface area contributed by atoms with E-state index in [-0.39, 0.29) is 12.5 Å². The Morgan fingerprint density at radius 2 is 1.76 bits per heavy atom. The lowest BCUT2D eigenvalue weighted by Crippen LogP contribution is -2.52. The highest BCUT2D eigenvalue weighted by Crippen LogP contribution is 2.33. The van der Waals surface area contributed by atoms with Crippen LogP contribution < -0.4 is 4.90 Å². The first-order valence-corrected chi connectivity index (χ1v) is 11.9. The first-order valence-electron chi connectivity index (χ1n) is 9.19. The molecule has 0 saturated carbocycles. The van der Waals surface area contributed by atoms with E-state index in [1.54, 1.807) is 0 Å². The van der Waals surface area contributed by atoms with Crippen LogP contribution in [0.4, 0.5) is 10.8 Å². The number of para-hydroxylation sites is 1. The number of sulfonamides is 1. The standard InChI is InChI=1S/C21H21N3O3S2/c1-15-14-28-21(22-15)24(18-10-4-3-5-11-18)20(25)19-12-16-8-6-7-9-17(16)13-23(19)29(2,26)27/h3-11,14,19H,12-13H2,1-2H3/t19-/m0/s1. The van der Waals surface area contributed by atoms with Gasteiger partial charge in [-0.3, -0.25) is 9.69 Å². The Labute approximate surface area is 174 Å². The second kappa shape index (κ2) is 7.70. The predicted octanol–water partition coefficient (Wildman–Crippen LogP) is 3.50. The number of fused-ring (bicyclic) bond motifs is 1. The Bertz CT molecular complexity index is 1140. The van der Waals surface area contributed by atoms with Gasteiger partial charge in [-0.25, -0.2) is 13.4 Å². The van der Waals surface area contributed by atoms with E-state index in [0.29, 0.717) is 17.2 Å². The van der Waals surface area contributed by atoms with E-state index >= 15 is 0 Å². The maximum absolute atomic E-state index is 13.8. The fourth-order valence-corrected chi connectivity index (χ4v) is 5.39. The van der Waals surface area contributed by atoms with Gasteiger partial charge in [-0.1, -0.05) is 42.5 Å². The highest BCUT2D eigenvalue weighted by Gasteiger charge is 2.40. The number of hydrogen-bond donors (Lipinski definition) is 0. The van der Waals surface area contributed by atoms with Crippen LogP contribution in [-0.2, 0) is 27.8 Å². The topological polar surface area (TPSA) is 70.6 Å². The number of carbonyl (C=O) groups excluding carboxylic acids is 1. The molecule has 2 heterocycles. The van der Waals surface area contributed by atoms with Crippen molar-refractivity contribution in [2.45, 2.75) is 25.9 Å². The highest BCUT2D eigenvalue weighted by atomic mass is 32.2. The molecular formula is C21H21N3O3S2. The summed E-state index contributed by atoms with van der Waals surface area (Å²) in [5.41, 5.74) is 3.40. The highest BCUT2D eigenvalue weighted by molar-refractivity contribution is 7.88. The lowest BCUT2D eigenvalue weighted by atomic mass is 9.95. The number of hydrogen-bond acceptors (Lipinski definition) is 5. The molecule has 4 rings (SSSR count). The van der Waals surface area contributed by atoms with E-state index in [0.717, 1.165) is 23.1 Å². The van der Waals surface area contributed by atoms with Gasteiger partial charge in [0, 0.05) is 11.9 Å². The molecule has 1 aromatic heterocycles. The summed E-state index contributed by atoms with van der Waals surface area (Å²) in [6.45, 7) is 2.05. The second-order valence-corrected chi connectivity index (χ2v) is 9.85. The Balaban J connectivity index is 1.80. The SMILES string of the molecule is Cc1csc(N(C(=O)[C@@H]2Cc3ccccc3CN2S(C)(=O)=O)c2ccccc2)n1. The molecule has 29 heavy (non-hydrogen) atoms. The largest absolute Gasteiger partial charge is 0.272 e. The summed E-state index contributed by atoms with van der Waals surface area (Å²) in [5.74, 6) is -0.300. The van der Waals surface area contributed by atoms with Crippen LogP contribution in [0.5, 0.6) is 0 Å². The van der Waals surface area contributed by atoms with Gasteiger partial charge in [0.2, 0.25) is 10.0 Å². The zero-order chi connectivity index (χ0) is 20.6. The molecular weight excluding hydrogens is 406 g/mol. The van der Waals surface area contributed by atoms with E-state index in [9.17, 15) is 13.2 Å². The first kappa shape index (κ1) is 19.8. The number of aryl methyl sites for hydroxylation is 1. The van der Waals surface area contributed by atoms with E-state index in [4.69, 9.17) is 0 Å². The minimum Gasteiger partial charge on any atom is -0.272 e. The van der Waals surface area contributed by atoms with E-state index in [1.807, 2.05) is 66.9 Å². The average Bonchev–Trinajstić information content (AvgIpc) is 3.13. The van der Waals surface area contributed by atoms with Crippen molar-refractivity contribution in [3.05, 3.63) is 76.8 Å². The molecule has 1 aliphatic rings. The van der Waals surface area contributed by atoms with Gasteiger partial charge in [0.05, 0.1) is 17.6 Å². The van der Waals surface area contributed by atoms with Gasteiger partial charge >= 0.3 is 0 Å². The predicted molar refractivity (Wildman–Crippen MR) is 115 cm³/mol. The average molecular weight is 428 g/mol. The molecule has 1 atom stereocenters. The molecule has 6 nitrogen and oxygen atoms in total. The van der Waals surface area contributed by atoms with Crippen LogP contribution in [-0.4, -0.2) is 35.9 Å². The molecule has 8 heteroatoms. The van der Waals surface area contributed by atoms with E-state index in [1.165, 1.54) is 20.5 Å². The van der Waals surface area contributed by atoms with Crippen LogP contribution >= 0.6 is 11.3 Å². The quantitative estimate of drug-likeness (QED) is 0.639. The third-order valence-electron chi connectivity index (χ3n) is 4.95. The van der Waals surface area contributed by atoms with Gasteiger partial charge in [-0.2, -0.15) is 4.31 Å².